The number of unbranched alkanes of at least 4 members (excludes halogenated alkanes) is 1. The highest BCUT2D eigenvalue weighted by atomic mass is 16.2. The molecule has 0 aliphatic carbocycles. The lowest BCUT2D eigenvalue weighted by molar-refractivity contribution is 0.286. The molecular formula is C15H24N2O. The van der Waals surface area contributed by atoms with Crippen molar-refractivity contribution < 1.29 is 5.11 Å². The number of nitrogens with one attached hydrogen (secondary N) is 1. The summed E-state index contributed by atoms with van der Waals surface area (Å²) in [5.74, 6) is 0. The Morgan fingerprint density at radius 2 is 1.78 bits per heavy atom. The topological polar surface area (TPSA) is 35.5 Å². The summed E-state index contributed by atoms with van der Waals surface area (Å²) in [5.41, 5.74) is 2.58. The van der Waals surface area contributed by atoms with Gasteiger partial charge in [0.1, 0.15) is 0 Å². The van der Waals surface area contributed by atoms with E-state index in [0.29, 0.717) is 0 Å². The monoisotopic (exact) mass is 248 g/mol. The maximum Gasteiger partial charge on any atom is 0.0431 e. The summed E-state index contributed by atoms with van der Waals surface area (Å²) in [6, 6.07) is 8.74. The minimum absolute atomic E-state index is 0.288. The molecule has 1 aromatic rings. The van der Waals surface area contributed by atoms with Crippen molar-refractivity contribution in [2.75, 3.05) is 31.6 Å². The van der Waals surface area contributed by atoms with E-state index in [9.17, 15) is 0 Å². The number of nitrogens with zero attached hydrogens (tertiary/aromatic N) is 1. The van der Waals surface area contributed by atoms with E-state index in [1.54, 1.807) is 0 Å². The standard InChI is InChI=1S/C15H24N2O/c18-12-4-1-9-16-15-7-5-14(6-8-15)13-17-10-2-3-11-17/h5-8,16,18H,1-4,9-13H2. The van der Waals surface area contributed by atoms with Crippen LogP contribution in [0.1, 0.15) is 31.2 Å². The Balaban J connectivity index is 1.74. The van der Waals surface area contributed by atoms with Crippen LogP contribution in [0.25, 0.3) is 0 Å². The molecule has 0 radical (unpaired) electrons. The number of aliphatic hydroxyl groups is 1. The summed E-state index contributed by atoms with van der Waals surface area (Å²) >= 11 is 0. The van der Waals surface area contributed by atoms with Crippen LogP contribution >= 0.6 is 0 Å². The van der Waals surface area contributed by atoms with Crippen molar-refractivity contribution >= 4 is 5.69 Å². The molecule has 3 nitrogen and oxygen atoms in total. The summed E-state index contributed by atoms with van der Waals surface area (Å²) in [6.45, 7) is 4.82. The van der Waals surface area contributed by atoms with Crippen molar-refractivity contribution in [1.82, 2.24) is 4.90 Å². The number of anilines is 1. The van der Waals surface area contributed by atoms with Gasteiger partial charge in [-0.1, -0.05) is 12.1 Å². The Morgan fingerprint density at radius 3 is 2.44 bits per heavy atom. The summed E-state index contributed by atoms with van der Waals surface area (Å²) in [6.07, 6.45) is 4.60. The first kappa shape index (κ1) is 13.4. The Morgan fingerprint density at radius 1 is 1.06 bits per heavy atom. The fraction of sp³-hybridized carbons (Fsp3) is 0.600. The predicted octanol–water partition coefficient (Wildman–Crippen LogP) is 2.47. The van der Waals surface area contributed by atoms with E-state index in [0.717, 1.165) is 25.9 Å². The Bertz CT molecular complexity index is 331. The van der Waals surface area contributed by atoms with Crippen molar-refractivity contribution in [3.63, 3.8) is 0 Å². The minimum Gasteiger partial charge on any atom is -0.396 e. The van der Waals surface area contributed by atoms with E-state index < -0.39 is 0 Å². The van der Waals surface area contributed by atoms with E-state index in [-0.39, 0.29) is 6.61 Å². The molecule has 0 spiro atoms. The first-order chi connectivity index (χ1) is 8.88. The third-order valence-electron chi connectivity index (χ3n) is 3.47. The second-order valence-electron chi connectivity index (χ2n) is 5.04. The average molecular weight is 248 g/mol. The third-order valence-corrected chi connectivity index (χ3v) is 3.47. The molecule has 1 aromatic carbocycles. The molecule has 1 heterocycles. The van der Waals surface area contributed by atoms with Gasteiger partial charge in [0.15, 0.2) is 0 Å². The van der Waals surface area contributed by atoms with E-state index in [4.69, 9.17) is 5.11 Å². The fourth-order valence-corrected chi connectivity index (χ4v) is 2.40. The molecular weight excluding hydrogens is 224 g/mol. The number of likely N-dealkylation sites (tertiary alicyclic amines) is 1. The average Bonchev–Trinajstić information content (AvgIpc) is 2.89. The van der Waals surface area contributed by atoms with Gasteiger partial charge in [-0.25, -0.2) is 0 Å². The second kappa shape index (κ2) is 7.39. The van der Waals surface area contributed by atoms with Gasteiger partial charge in [0.2, 0.25) is 0 Å². The molecule has 1 saturated heterocycles. The zero-order valence-electron chi connectivity index (χ0n) is 11.1. The van der Waals surface area contributed by atoms with Gasteiger partial charge in [0.05, 0.1) is 0 Å². The molecule has 0 aromatic heterocycles. The van der Waals surface area contributed by atoms with Gasteiger partial charge < -0.3 is 10.4 Å². The summed E-state index contributed by atoms with van der Waals surface area (Å²) in [7, 11) is 0. The van der Waals surface area contributed by atoms with Gasteiger partial charge in [-0.15, -0.1) is 0 Å². The normalized spacial score (nSPS) is 16.1. The van der Waals surface area contributed by atoms with Crippen LogP contribution in [-0.4, -0.2) is 36.2 Å². The first-order valence-electron chi connectivity index (χ1n) is 7.04. The molecule has 2 rings (SSSR count). The predicted molar refractivity (Wildman–Crippen MR) is 75.8 cm³/mol. The van der Waals surface area contributed by atoms with Crippen LogP contribution < -0.4 is 5.32 Å². The number of rotatable bonds is 7. The Kier molecular flexibility index (Phi) is 5.49. The smallest absolute Gasteiger partial charge is 0.0431 e. The molecule has 1 fully saturated rings. The van der Waals surface area contributed by atoms with Crippen LogP contribution in [0.2, 0.25) is 0 Å². The molecule has 0 amide bonds. The molecule has 0 bridgehead atoms. The van der Waals surface area contributed by atoms with Crippen LogP contribution in [0.5, 0.6) is 0 Å². The van der Waals surface area contributed by atoms with Crippen LogP contribution in [-0.2, 0) is 6.54 Å². The number of aliphatic hydroxyl groups excluding tert-OH is 1. The second-order valence-corrected chi connectivity index (χ2v) is 5.04. The quantitative estimate of drug-likeness (QED) is 0.728. The highest BCUT2D eigenvalue weighted by Gasteiger charge is 2.11. The molecule has 1 aliphatic heterocycles. The van der Waals surface area contributed by atoms with E-state index in [1.807, 2.05) is 0 Å². The van der Waals surface area contributed by atoms with Crippen molar-refractivity contribution in [3.05, 3.63) is 29.8 Å². The third kappa shape index (κ3) is 4.31. The fourth-order valence-electron chi connectivity index (χ4n) is 2.40. The SMILES string of the molecule is OCCCCNc1ccc(CN2CCCC2)cc1. The van der Waals surface area contributed by atoms with Gasteiger partial charge >= 0.3 is 0 Å². The minimum atomic E-state index is 0.288. The largest absolute Gasteiger partial charge is 0.396 e. The molecule has 100 valence electrons. The molecule has 1 aliphatic rings. The molecule has 18 heavy (non-hydrogen) atoms. The first-order valence-corrected chi connectivity index (χ1v) is 7.04. The van der Waals surface area contributed by atoms with E-state index >= 15 is 0 Å². The van der Waals surface area contributed by atoms with Gasteiger partial charge in [-0.3, -0.25) is 4.90 Å². The molecule has 3 heteroatoms. The summed E-state index contributed by atoms with van der Waals surface area (Å²) < 4.78 is 0. The number of hydrogen-bond donors (Lipinski definition) is 2. The van der Waals surface area contributed by atoms with Gasteiger partial charge in [-0.05, 0) is 56.5 Å². The lowest BCUT2D eigenvalue weighted by atomic mass is 10.2. The lowest BCUT2D eigenvalue weighted by Gasteiger charge is -2.15. The van der Waals surface area contributed by atoms with Crippen LogP contribution in [0.4, 0.5) is 5.69 Å². The Hall–Kier alpha value is -1.06. The van der Waals surface area contributed by atoms with E-state index in [1.165, 1.54) is 37.2 Å². The molecule has 2 N–H and O–H groups in total. The number of hydrogen-bond acceptors (Lipinski definition) is 3. The zero-order valence-corrected chi connectivity index (χ0v) is 11.1. The molecule has 0 atom stereocenters. The van der Waals surface area contributed by atoms with Crippen molar-refractivity contribution in [3.8, 4) is 0 Å². The van der Waals surface area contributed by atoms with Crippen molar-refractivity contribution in [2.24, 2.45) is 0 Å². The highest BCUT2D eigenvalue weighted by molar-refractivity contribution is 5.44. The van der Waals surface area contributed by atoms with Crippen molar-refractivity contribution in [2.45, 2.75) is 32.2 Å². The maximum absolute atomic E-state index is 8.70. The lowest BCUT2D eigenvalue weighted by Crippen LogP contribution is -2.18. The van der Waals surface area contributed by atoms with Gasteiger partial charge in [0, 0.05) is 25.4 Å². The zero-order chi connectivity index (χ0) is 12.6. The van der Waals surface area contributed by atoms with E-state index in [2.05, 4.69) is 34.5 Å². The van der Waals surface area contributed by atoms with Crippen LogP contribution in [0.15, 0.2) is 24.3 Å². The molecule has 0 unspecified atom stereocenters. The Labute approximate surface area is 110 Å². The van der Waals surface area contributed by atoms with Crippen molar-refractivity contribution in [1.29, 1.82) is 0 Å². The van der Waals surface area contributed by atoms with Gasteiger partial charge in [0.25, 0.3) is 0 Å². The van der Waals surface area contributed by atoms with Crippen LogP contribution in [0.3, 0.4) is 0 Å². The van der Waals surface area contributed by atoms with Gasteiger partial charge in [-0.2, -0.15) is 0 Å². The highest BCUT2D eigenvalue weighted by Crippen LogP contribution is 2.15. The summed E-state index contributed by atoms with van der Waals surface area (Å²) in [4.78, 5) is 2.52. The number of benzene rings is 1. The van der Waals surface area contributed by atoms with Crippen LogP contribution in [0, 0.1) is 0 Å². The maximum atomic E-state index is 8.70. The molecule has 0 saturated carbocycles. The summed E-state index contributed by atoms with van der Waals surface area (Å²) in [5, 5.41) is 12.1.